The molecule has 5 heteroatoms. The Morgan fingerprint density at radius 1 is 1.42 bits per heavy atom. The lowest BCUT2D eigenvalue weighted by Gasteiger charge is -2.21. The van der Waals surface area contributed by atoms with E-state index in [1.165, 1.54) is 6.07 Å². The molecule has 104 valence electrons. The maximum atomic E-state index is 13.0. The van der Waals surface area contributed by atoms with E-state index in [0.29, 0.717) is 18.5 Å². The zero-order valence-electron chi connectivity index (χ0n) is 11.0. The van der Waals surface area contributed by atoms with E-state index < -0.39 is 11.6 Å². The van der Waals surface area contributed by atoms with Gasteiger partial charge in [-0.05, 0) is 43.5 Å². The fraction of sp³-hybridized carbons (Fsp3) is 0.500. The van der Waals surface area contributed by atoms with Gasteiger partial charge in [0.15, 0.2) is 11.6 Å². The smallest absolute Gasteiger partial charge is 0.239 e. The first-order valence-corrected chi connectivity index (χ1v) is 6.50. The number of halogens is 2. The van der Waals surface area contributed by atoms with Crippen molar-refractivity contribution in [3.05, 3.63) is 35.4 Å². The predicted octanol–water partition coefficient (Wildman–Crippen LogP) is 1.72. The Kier molecular flexibility index (Phi) is 4.47. The summed E-state index contributed by atoms with van der Waals surface area (Å²) in [7, 11) is 1.74. The van der Waals surface area contributed by atoms with E-state index in [-0.39, 0.29) is 11.9 Å². The van der Waals surface area contributed by atoms with Gasteiger partial charge in [0.1, 0.15) is 0 Å². The van der Waals surface area contributed by atoms with Crippen molar-refractivity contribution in [3.63, 3.8) is 0 Å². The molecular weight excluding hydrogens is 250 g/mol. The molecule has 19 heavy (non-hydrogen) atoms. The topological polar surface area (TPSA) is 32.3 Å². The minimum Gasteiger partial charge on any atom is -0.344 e. The molecule has 1 aliphatic rings. The highest BCUT2D eigenvalue weighted by Gasteiger charge is 2.24. The molecule has 0 saturated carbocycles. The number of likely N-dealkylation sites (N-methyl/N-ethyl adjacent to an activating group) is 1. The maximum Gasteiger partial charge on any atom is 0.239 e. The third-order valence-corrected chi connectivity index (χ3v) is 3.45. The second-order valence-electron chi connectivity index (χ2n) is 4.91. The molecule has 0 radical (unpaired) electrons. The molecule has 1 saturated heterocycles. The van der Waals surface area contributed by atoms with E-state index in [2.05, 4.69) is 5.32 Å². The van der Waals surface area contributed by atoms with E-state index >= 15 is 0 Å². The standard InChI is InChI=1S/C14H18F2N2O/c1-18(14(19)13-3-2-7-17-13)8-6-10-4-5-11(15)12(16)9-10/h4-5,9,13,17H,2-3,6-8H2,1H3. The zero-order chi connectivity index (χ0) is 13.8. The van der Waals surface area contributed by atoms with Gasteiger partial charge < -0.3 is 10.2 Å². The van der Waals surface area contributed by atoms with Crippen LogP contribution in [-0.2, 0) is 11.2 Å². The summed E-state index contributed by atoms with van der Waals surface area (Å²) in [6, 6.07) is 3.76. The molecule has 1 aromatic carbocycles. The highest BCUT2D eigenvalue weighted by molar-refractivity contribution is 5.81. The van der Waals surface area contributed by atoms with Gasteiger partial charge in [0, 0.05) is 13.6 Å². The van der Waals surface area contributed by atoms with Crippen molar-refractivity contribution in [3.8, 4) is 0 Å². The highest BCUT2D eigenvalue weighted by atomic mass is 19.2. The number of nitrogens with one attached hydrogen (secondary N) is 1. The van der Waals surface area contributed by atoms with Gasteiger partial charge in [-0.25, -0.2) is 8.78 Å². The average molecular weight is 268 g/mol. The monoisotopic (exact) mass is 268 g/mol. The number of hydrogen-bond donors (Lipinski definition) is 1. The van der Waals surface area contributed by atoms with E-state index in [0.717, 1.165) is 25.5 Å². The molecule has 1 N–H and O–H groups in total. The molecule has 1 unspecified atom stereocenters. The van der Waals surface area contributed by atoms with Gasteiger partial charge in [-0.3, -0.25) is 4.79 Å². The van der Waals surface area contributed by atoms with Crippen LogP contribution in [0.15, 0.2) is 18.2 Å². The molecule has 1 amide bonds. The molecule has 1 aliphatic heterocycles. The molecule has 2 rings (SSSR count). The summed E-state index contributed by atoms with van der Waals surface area (Å²) in [5.41, 5.74) is 0.693. The number of hydrogen-bond acceptors (Lipinski definition) is 2. The number of amides is 1. The molecule has 0 aromatic heterocycles. The van der Waals surface area contributed by atoms with E-state index in [1.54, 1.807) is 18.0 Å². The van der Waals surface area contributed by atoms with Gasteiger partial charge in [-0.15, -0.1) is 0 Å². The zero-order valence-corrected chi connectivity index (χ0v) is 11.0. The van der Waals surface area contributed by atoms with Crippen LogP contribution in [0.1, 0.15) is 18.4 Å². The summed E-state index contributed by atoms with van der Waals surface area (Å²) in [6.07, 6.45) is 2.41. The Labute approximate surface area is 111 Å². The van der Waals surface area contributed by atoms with Crippen molar-refractivity contribution in [1.29, 1.82) is 0 Å². The second kappa shape index (κ2) is 6.10. The van der Waals surface area contributed by atoms with Crippen LogP contribution in [0.4, 0.5) is 8.78 Å². The van der Waals surface area contributed by atoms with Crippen molar-refractivity contribution in [2.45, 2.75) is 25.3 Å². The molecule has 1 heterocycles. The van der Waals surface area contributed by atoms with Gasteiger partial charge in [0.05, 0.1) is 6.04 Å². The first-order chi connectivity index (χ1) is 9.08. The number of benzene rings is 1. The third kappa shape index (κ3) is 3.50. The minimum absolute atomic E-state index is 0.0695. The Balaban J connectivity index is 1.87. The van der Waals surface area contributed by atoms with Gasteiger partial charge in [0.2, 0.25) is 5.91 Å². The van der Waals surface area contributed by atoms with Gasteiger partial charge >= 0.3 is 0 Å². The van der Waals surface area contributed by atoms with Crippen LogP contribution < -0.4 is 5.32 Å². The van der Waals surface area contributed by atoms with E-state index in [4.69, 9.17) is 0 Å². The van der Waals surface area contributed by atoms with Crippen LogP contribution in [0, 0.1) is 11.6 Å². The average Bonchev–Trinajstić information content (AvgIpc) is 2.93. The van der Waals surface area contributed by atoms with Gasteiger partial charge in [-0.2, -0.15) is 0 Å². The van der Waals surface area contributed by atoms with E-state index in [1.807, 2.05) is 0 Å². The van der Waals surface area contributed by atoms with Crippen LogP contribution in [0.3, 0.4) is 0 Å². The summed E-state index contributed by atoms with van der Waals surface area (Å²) in [5, 5.41) is 3.15. The second-order valence-corrected chi connectivity index (χ2v) is 4.91. The predicted molar refractivity (Wildman–Crippen MR) is 68.7 cm³/mol. The molecule has 0 spiro atoms. The largest absolute Gasteiger partial charge is 0.344 e. The molecule has 0 aliphatic carbocycles. The number of rotatable bonds is 4. The number of carbonyl (C=O) groups excluding carboxylic acids is 1. The summed E-state index contributed by atoms with van der Waals surface area (Å²) in [4.78, 5) is 13.7. The summed E-state index contributed by atoms with van der Waals surface area (Å²) >= 11 is 0. The molecule has 1 aromatic rings. The van der Waals surface area contributed by atoms with Crippen molar-refractivity contribution in [2.75, 3.05) is 20.1 Å². The molecule has 1 atom stereocenters. The van der Waals surface area contributed by atoms with Crippen molar-refractivity contribution >= 4 is 5.91 Å². The van der Waals surface area contributed by atoms with Crippen LogP contribution in [0.5, 0.6) is 0 Å². The van der Waals surface area contributed by atoms with E-state index in [9.17, 15) is 13.6 Å². The Morgan fingerprint density at radius 2 is 2.21 bits per heavy atom. The first kappa shape index (κ1) is 13.9. The Bertz CT molecular complexity index is 459. The molecule has 0 bridgehead atoms. The van der Waals surface area contributed by atoms with Gasteiger partial charge in [0.25, 0.3) is 0 Å². The van der Waals surface area contributed by atoms with Crippen molar-refractivity contribution in [2.24, 2.45) is 0 Å². The molecule has 3 nitrogen and oxygen atoms in total. The fourth-order valence-corrected chi connectivity index (χ4v) is 2.26. The Morgan fingerprint density at radius 3 is 2.84 bits per heavy atom. The van der Waals surface area contributed by atoms with Crippen LogP contribution in [0.25, 0.3) is 0 Å². The third-order valence-electron chi connectivity index (χ3n) is 3.45. The Hall–Kier alpha value is -1.49. The molecular formula is C14H18F2N2O. The lowest BCUT2D eigenvalue weighted by Crippen LogP contribution is -2.42. The number of nitrogens with zero attached hydrogens (tertiary/aromatic N) is 1. The maximum absolute atomic E-state index is 13.0. The lowest BCUT2D eigenvalue weighted by molar-refractivity contribution is -0.131. The van der Waals surface area contributed by atoms with Crippen molar-refractivity contribution < 1.29 is 13.6 Å². The van der Waals surface area contributed by atoms with Crippen molar-refractivity contribution in [1.82, 2.24) is 10.2 Å². The normalized spacial score (nSPS) is 18.6. The van der Waals surface area contributed by atoms with Crippen LogP contribution >= 0.6 is 0 Å². The minimum atomic E-state index is -0.844. The summed E-state index contributed by atoms with van der Waals surface area (Å²) in [5.74, 6) is -1.62. The van der Waals surface area contributed by atoms with Crippen LogP contribution in [-0.4, -0.2) is 37.0 Å². The van der Waals surface area contributed by atoms with Gasteiger partial charge in [-0.1, -0.05) is 6.07 Å². The van der Waals surface area contributed by atoms with Crippen LogP contribution in [0.2, 0.25) is 0 Å². The summed E-state index contributed by atoms with van der Waals surface area (Å²) in [6.45, 7) is 1.38. The highest BCUT2D eigenvalue weighted by Crippen LogP contribution is 2.11. The quantitative estimate of drug-likeness (QED) is 0.901. The fourth-order valence-electron chi connectivity index (χ4n) is 2.26. The first-order valence-electron chi connectivity index (χ1n) is 6.50. The SMILES string of the molecule is CN(CCc1ccc(F)c(F)c1)C(=O)C1CCCN1. The number of carbonyl (C=O) groups is 1. The summed E-state index contributed by atoms with van der Waals surface area (Å²) < 4.78 is 25.8. The molecule has 1 fully saturated rings. The lowest BCUT2D eigenvalue weighted by atomic mass is 10.1.